The van der Waals surface area contributed by atoms with Crippen LogP contribution < -0.4 is 5.73 Å². The van der Waals surface area contributed by atoms with Gasteiger partial charge in [0.15, 0.2) is 5.82 Å². The molecule has 0 saturated carbocycles. The van der Waals surface area contributed by atoms with Gasteiger partial charge in [-0.25, -0.2) is 4.98 Å². The number of anilines is 1. The minimum absolute atomic E-state index is 0.511. The van der Waals surface area contributed by atoms with Crippen LogP contribution in [0.3, 0.4) is 0 Å². The third kappa shape index (κ3) is 2.42. The predicted molar refractivity (Wildman–Crippen MR) is 79.6 cm³/mol. The summed E-state index contributed by atoms with van der Waals surface area (Å²) in [7, 11) is 0. The van der Waals surface area contributed by atoms with Gasteiger partial charge in [0.2, 0.25) is 11.8 Å². The van der Waals surface area contributed by atoms with E-state index in [1.807, 2.05) is 22.8 Å². The van der Waals surface area contributed by atoms with Gasteiger partial charge in [-0.1, -0.05) is 5.16 Å². The van der Waals surface area contributed by atoms with Crippen molar-refractivity contribution >= 4 is 39.6 Å². The Morgan fingerprint density at radius 2 is 2.21 bits per heavy atom. The summed E-state index contributed by atoms with van der Waals surface area (Å²) < 4.78 is 8.06. The SMILES string of the molecule is Cc1nc(CCn2c(N)nc3cc(I)ccc32)no1. The molecule has 2 N–H and O–H groups in total. The number of benzene rings is 1. The largest absolute Gasteiger partial charge is 0.369 e. The van der Waals surface area contributed by atoms with Crippen molar-refractivity contribution in [2.45, 2.75) is 19.9 Å². The molecule has 0 spiro atoms. The Labute approximate surface area is 123 Å². The molecule has 7 heteroatoms. The first-order chi connectivity index (χ1) is 9.13. The van der Waals surface area contributed by atoms with Gasteiger partial charge < -0.3 is 14.8 Å². The van der Waals surface area contributed by atoms with E-state index in [9.17, 15) is 0 Å². The lowest BCUT2D eigenvalue weighted by Gasteiger charge is -2.04. The molecule has 2 heterocycles. The molecule has 0 aliphatic heterocycles. The van der Waals surface area contributed by atoms with Crippen LogP contribution >= 0.6 is 22.6 Å². The standard InChI is InChI=1S/C12H12IN5O/c1-7-15-11(17-19-7)4-5-18-10-3-2-8(13)6-9(10)16-12(18)14/h2-3,6H,4-5H2,1H3,(H2,14,16). The van der Waals surface area contributed by atoms with Gasteiger partial charge in [0.1, 0.15) is 0 Å². The van der Waals surface area contributed by atoms with E-state index in [1.165, 1.54) is 0 Å². The molecule has 98 valence electrons. The van der Waals surface area contributed by atoms with Crippen molar-refractivity contribution in [3.8, 4) is 0 Å². The second-order valence-electron chi connectivity index (χ2n) is 4.23. The Kier molecular flexibility index (Phi) is 3.13. The molecule has 2 aromatic heterocycles. The molecule has 0 atom stereocenters. The van der Waals surface area contributed by atoms with E-state index in [0.717, 1.165) is 14.6 Å². The topological polar surface area (TPSA) is 82.8 Å². The van der Waals surface area contributed by atoms with Gasteiger partial charge >= 0.3 is 0 Å². The number of nitrogens with two attached hydrogens (primary N) is 1. The first kappa shape index (κ1) is 12.4. The van der Waals surface area contributed by atoms with Crippen LogP contribution in [-0.4, -0.2) is 19.7 Å². The van der Waals surface area contributed by atoms with Gasteiger partial charge in [-0.05, 0) is 40.8 Å². The van der Waals surface area contributed by atoms with Crippen LogP contribution in [0.1, 0.15) is 11.7 Å². The zero-order valence-electron chi connectivity index (χ0n) is 10.3. The molecule has 0 aliphatic rings. The van der Waals surface area contributed by atoms with Crippen molar-refractivity contribution in [1.82, 2.24) is 19.7 Å². The fourth-order valence-electron chi connectivity index (χ4n) is 2.01. The normalized spacial score (nSPS) is 11.3. The molecule has 0 saturated heterocycles. The van der Waals surface area contributed by atoms with E-state index < -0.39 is 0 Å². The Bertz CT molecular complexity index is 733. The average molecular weight is 369 g/mol. The van der Waals surface area contributed by atoms with Crippen LogP contribution in [0.4, 0.5) is 5.95 Å². The molecular formula is C12H12IN5O. The number of aryl methyl sites for hydroxylation is 3. The summed E-state index contributed by atoms with van der Waals surface area (Å²) in [5.41, 5.74) is 7.89. The highest BCUT2D eigenvalue weighted by molar-refractivity contribution is 14.1. The van der Waals surface area contributed by atoms with E-state index in [-0.39, 0.29) is 0 Å². The number of imidazole rings is 1. The quantitative estimate of drug-likeness (QED) is 0.716. The summed E-state index contributed by atoms with van der Waals surface area (Å²) in [6.45, 7) is 2.46. The monoisotopic (exact) mass is 369 g/mol. The van der Waals surface area contributed by atoms with E-state index in [4.69, 9.17) is 10.3 Å². The van der Waals surface area contributed by atoms with Gasteiger partial charge in [0, 0.05) is 23.5 Å². The summed E-state index contributed by atoms with van der Waals surface area (Å²) in [6.07, 6.45) is 0.666. The van der Waals surface area contributed by atoms with E-state index >= 15 is 0 Å². The first-order valence-electron chi connectivity index (χ1n) is 5.84. The summed E-state index contributed by atoms with van der Waals surface area (Å²) >= 11 is 2.26. The number of rotatable bonds is 3. The fraction of sp³-hybridized carbons (Fsp3) is 0.250. The second-order valence-corrected chi connectivity index (χ2v) is 5.48. The molecule has 0 radical (unpaired) electrons. The molecule has 0 bridgehead atoms. The number of nitrogens with zero attached hydrogens (tertiary/aromatic N) is 4. The summed E-state index contributed by atoms with van der Waals surface area (Å²) in [6, 6.07) is 6.09. The van der Waals surface area contributed by atoms with Crippen molar-refractivity contribution in [3.05, 3.63) is 33.5 Å². The number of fused-ring (bicyclic) bond motifs is 1. The molecule has 0 unspecified atom stereocenters. The molecule has 3 aromatic rings. The Morgan fingerprint density at radius 1 is 1.37 bits per heavy atom. The maximum Gasteiger partial charge on any atom is 0.223 e. The van der Waals surface area contributed by atoms with Gasteiger partial charge in [-0.2, -0.15) is 4.98 Å². The lowest BCUT2D eigenvalue weighted by Crippen LogP contribution is -2.06. The summed E-state index contributed by atoms with van der Waals surface area (Å²) in [5, 5.41) is 3.88. The maximum absolute atomic E-state index is 5.96. The van der Waals surface area contributed by atoms with Crippen LogP contribution in [0.5, 0.6) is 0 Å². The van der Waals surface area contributed by atoms with Crippen LogP contribution in [0.15, 0.2) is 22.7 Å². The van der Waals surface area contributed by atoms with Crippen LogP contribution in [0.25, 0.3) is 11.0 Å². The lowest BCUT2D eigenvalue weighted by molar-refractivity contribution is 0.386. The molecule has 1 aromatic carbocycles. The summed E-state index contributed by atoms with van der Waals surface area (Å²) in [5.74, 6) is 1.77. The van der Waals surface area contributed by atoms with Gasteiger partial charge in [-0.15, -0.1) is 0 Å². The molecule has 19 heavy (non-hydrogen) atoms. The number of hydrogen-bond donors (Lipinski definition) is 1. The summed E-state index contributed by atoms with van der Waals surface area (Å²) in [4.78, 5) is 8.54. The van der Waals surface area contributed by atoms with Gasteiger partial charge in [0.05, 0.1) is 11.0 Å². The Balaban J connectivity index is 1.90. The number of halogens is 1. The lowest BCUT2D eigenvalue weighted by atomic mass is 10.3. The third-order valence-electron chi connectivity index (χ3n) is 2.87. The molecule has 0 amide bonds. The van der Waals surface area contributed by atoms with Crippen molar-refractivity contribution in [2.75, 3.05) is 5.73 Å². The smallest absolute Gasteiger partial charge is 0.223 e. The minimum atomic E-state index is 0.511. The molecular weight excluding hydrogens is 357 g/mol. The molecule has 0 aliphatic carbocycles. The van der Waals surface area contributed by atoms with Crippen molar-refractivity contribution < 1.29 is 4.52 Å². The van der Waals surface area contributed by atoms with Crippen LogP contribution in [-0.2, 0) is 13.0 Å². The van der Waals surface area contributed by atoms with Crippen LogP contribution in [0.2, 0.25) is 0 Å². The second kappa shape index (κ2) is 4.80. The highest BCUT2D eigenvalue weighted by atomic mass is 127. The molecule has 3 rings (SSSR count). The first-order valence-corrected chi connectivity index (χ1v) is 6.92. The van der Waals surface area contributed by atoms with E-state index in [0.29, 0.717) is 30.6 Å². The third-order valence-corrected chi connectivity index (χ3v) is 3.54. The highest BCUT2D eigenvalue weighted by Gasteiger charge is 2.10. The van der Waals surface area contributed by atoms with Crippen LogP contribution in [0, 0.1) is 10.5 Å². The number of aromatic nitrogens is 4. The highest BCUT2D eigenvalue weighted by Crippen LogP contribution is 2.20. The maximum atomic E-state index is 5.96. The van der Waals surface area contributed by atoms with Gasteiger partial charge in [0.25, 0.3) is 0 Å². The minimum Gasteiger partial charge on any atom is -0.369 e. The van der Waals surface area contributed by atoms with E-state index in [2.05, 4.69) is 37.7 Å². The zero-order valence-corrected chi connectivity index (χ0v) is 12.5. The molecule has 0 fully saturated rings. The van der Waals surface area contributed by atoms with Crippen molar-refractivity contribution in [2.24, 2.45) is 0 Å². The van der Waals surface area contributed by atoms with Crippen molar-refractivity contribution in [3.63, 3.8) is 0 Å². The number of nitrogen functional groups attached to an aromatic ring is 1. The Morgan fingerprint density at radius 3 is 2.95 bits per heavy atom. The van der Waals surface area contributed by atoms with E-state index in [1.54, 1.807) is 6.92 Å². The van der Waals surface area contributed by atoms with Gasteiger partial charge in [-0.3, -0.25) is 0 Å². The fourth-order valence-corrected chi connectivity index (χ4v) is 2.49. The average Bonchev–Trinajstić information content (AvgIpc) is 2.89. The zero-order chi connectivity index (χ0) is 13.4. The molecule has 6 nitrogen and oxygen atoms in total. The predicted octanol–water partition coefficient (Wildman–Crippen LogP) is 2.16. The van der Waals surface area contributed by atoms with Crippen molar-refractivity contribution in [1.29, 1.82) is 0 Å². The Hall–Kier alpha value is -1.64. The number of hydrogen-bond acceptors (Lipinski definition) is 5.